The topological polar surface area (TPSA) is 172 Å². The molecule has 0 bridgehead atoms. The molecule has 1 aliphatic heterocycles. The summed E-state index contributed by atoms with van der Waals surface area (Å²) in [5, 5.41) is 3.97. The summed E-state index contributed by atoms with van der Waals surface area (Å²) in [6.07, 6.45) is -0.227. The molecule has 0 aromatic carbocycles. The van der Waals surface area contributed by atoms with E-state index in [1.807, 2.05) is 0 Å². The van der Waals surface area contributed by atoms with E-state index in [4.69, 9.17) is 5.73 Å². The number of carbonyl (C=O) groups excluding carboxylic acids is 3. The summed E-state index contributed by atoms with van der Waals surface area (Å²) in [4.78, 5) is 39.0. The molecule has 2 rings (SSSR count). The fourth-order valence-electron chi connectivity index (χ4n) is 2.00. The number of rotatable bonds is 5. The van der Waals surface area contributed by atoms with Gasteiger partial charge in [0, 0.05) is 5.38 Å². The van der Waals surface area contributed by atoms with Gasteiger partial charge in [-0.1, -0.05) is 0 Å². The Bertz CT molecular complexity index is 765. The van der Waals surface area contributed by atoms with Crippen LogP contribution in [-0.2, 0) is 35.8 Å². The van der Waals surface area contributed by atoms with Gasteiger partial charge in [-0.3, -0.25) is 9.59 Å². The Morgan fingerprint density at radius 1 is 1.54 bits per heavy atom. The van der Waals surface area contributed by atoms with Crippen molar-refractivity contribution < 1.29 is 61.6 Å². The quantitative estimate of drug-likeness (QED) is 0.217. The maximum Gasteiger partial charge on any atom is 1.00 e. The molecule has 14 heteroatoms. The van der Waals surface area contributed by atoms with Gasteiger partial charge in [0.25, 0.3) is 5.91 Å². The minimum absolute atomic E-state index is 0. The third kappa shape index (κ3) is 4.23. The van der Waals surface area contributed by atoms with Gasteiger partial charge < -0.3 is 20.3 Å². The average Bonchev–Trinajstić information content (AvgIpc) is 2.84. The first kappa shape index (κ1) is 20.8. The van der Waals surface area contributed by atoms with Gasteiger partial charge in [-0.25, -0.2) is 22.5 Å². The van der Waals surface area contributed by atoms with Crippen LogP contribution in [0.2, 0.25) is 0 Å². The van der Waals surface area contributed by atoms with Crippen LogP contribution in [0.5, 0.6) is 0 Å². The summed E-state index contributed by atoms with van der Waals surface area (Å²) < 4.78 is 37.1. The van der Waals surface area contributed by atoms with E-state index < -0.39 is 40.2 Å². The number of nitrogen functional groups attached to an aromatic ring is 1. The van der Waals surface area contributed by atoms with Crippen molar-refractivity contribution in [2.24, 2.45) is 0 Å². The molecule has 0 radical (unpaired) electrons. The van der Waals surface area contributed by atoms with Gasteiger partial charge in [-0.15, -0.1) is 11.3 Å². The number of esters is 1. The standard InChI is InChI=1S/C10H12N4O7S2.Na/c1-21-9(17)7-6(8(16)14(7)23(18,19)20)13-5(15)2-4-3-22-10(11)12-4;/h3,6-7H,2H2,1H3,(H2,11,12)(H,13,15)(H,18,19,20);/q;+1/p-1/t6-,7-;/m1./s1. The summed E-state index contributed by atoms with van der Waals surface area (Å²) in [6, 6.07) is -3.21. The predicted molar refractivity (Wildman–Crippen MR) is 74.5 cm³/mol. The number of nitrogens with one attached hydrogen (secondary N) is 1. The molecule has 2 amide bonds. The third-order valence-electron chi connectivity index (χ3n) is 2.96. The number of carbonyl (C=O) groups is 3. The van der Waals surface area contributed by atoms with Gasteiger partial charge >= 0.3 is 35.5 Å². The Kier molecular flexibility index (Phi) is 6.72. The van der Waals surface area contributed by atoms with E-state index in [0.717, 1.165) is 18.4 Å². The molecule has 126 valence electrons. The number of hydrogen-bond donors (Lipinski definition) is 2. The summed E-state index contributed by atoms with van der Waals surface area (Å²) in [5.41, 5.74) is 5.76. The van der Waals surface area contributed by atoms with Gasteiger partial charge in [0.15, 0.2) is 21.5 Å². The fourth-order valence-corrected chi connectivity index (χ4v) is 3.38. The van der Waals surface area contributed by atoms with E-state index in [1.165, 1.54) is 5.38 Å². The van der Waals surface area contributed by atoms with Gasteiger partial charge in [0.05, 0.1) is 19.2 Å². The molecule has 2 atom stereocenters. The molecule has 2 heterocycles. The fraction of sp³-hybridized carbons (Fsp3) is 0.400. The van der Waals surface area contributed by atoms with Crippen molar-refractivity contribution in [3.8, 4) is 0 Å². The van der Waals surface area contributed by atoms with Crippen molar-refractivity contribution in [3.05, 3.63) is 11.1 Å². The predicted octanol–water partition coefficient (Wildman–Crippen LogP) is -5.40. The van der Waals surface area contributed by atoms with Crippen LogP contribution in [0.15, 0.2) is 5.38 Å². The summed E-state index contributed by atoms with van der Waals surface area (Å²) >= 11 is 1.12. The Labute approximate surface area is 162 Å². The van der Waals surface area contributed by atoms with Crippen molar-refractivity contribution in [3.63, 3.8) is 0 Å². The first-order chi connectivity index (χ1) is 10.6. The molecule has 0 spiro atoms. The molecular formula is C10H11N4NaO7S2. The zero-order valence-corrected chi connectivity index (χ0v) is 16.2. The van der Waals surface area contributed by atoms with Crippen molar-refractivity contribution in [1.29, 1.82) is 0 Å². The molecule has 0 unspecified atom stereocenters. The SMILES string of the molecule is COC(=O)[C@H]1[C@@H](NC(=O)Cc2csc(N)n2)C(=O)N1S(=O)(=O)[O-].[Na+]. The van der Waals surface area contributed by atoms with Gasteiger partial charge in [0.1, 0.15) is 6.04 Å². The number of anilines is 1. The molecule has 24 heavy (non-hydrogen) atoms. The van der Waals surface area contributed by atoms with Crippen LogP contribution in [0.4, 0.5) is 5.13 Å². The van der Waals surface area contributed by atoms with Crippen LogP contribution in [-0.4, -0.2) is 59.2 Å². The summed E-state index contributed by atoms with van der Waals surface area (Å²) in [5.74, 6) is -3.03. The molecule has 1 fully saturated rings. The first-order valence-electron chi connectivity index (χ1n) is 6.01. The zero-order chi connectivity index (χ0) is 17.4. The van der Waals surface area contributed by atoms with Crippen molar-refractivity contribution in [2.45, 2.75) is 18.5 Å². The largest absolute Gasteiger partial charge is 1.00 e. The number of β-lactam (4-membered cyclic amide) rings is 1. The van der Waals surface area contributed by atoms with Crippen LogP contribution >= 0.6 is 11.3 Å². The number of thiazole rings is 1. The van der Waals surface area contributed by atoms with Crippen molar-refractivity contribution >= 4 is 44.6 Å². The Morgan fingerprint density at radius 2 is 2.17 bits per heavy atom. The Balaban J connectivity index is 0.00000288. The maximum absolute atomic E-state index is 11.8. The number of amides is 2. The zero-order valence-electron chi connectivity index (χ0n) is 12.6. The summed E-state index contributed by atoms with van der Waals surface area (Å²) in [6.45, 7) is 0. The smallest absolute Gasteiger partial charge is 0.731 e. The molecule has 1 aromatic heterocycles. The monoisotopic (exact) mass is 386 g/mol. The van der Waals surface area contributed by atoms with Crippen molar-refractivity contribution in [2.75, 3.05) is 12.8 Å². The number of hydrogen-bond acceptors (Lipinski definition) is 10. The van der Waals surface area contributed by atoms with E-state index in [1.54, 1.807) is 0 Å². The van der Waals surface area contributed by atoms with E-state index in [2.05, 4.69) is 15.0 Å². The second-order valence-electron chi connectivity index (χ2n) is 4.46. The van der Waals surface area contributed by atoms with Crippen LogP contribution in [0.3, 0.4) is 0 Å². The van der Waals surface area contributed by atoms with Gasteiger partial charge in [0.2, 0.25) is 5.91 Å². The second kappa shape index (κ2) is 7.76. The number of aromatic nitrogens is 1. The van der Waals surface area contributed by atoms with Crippen LogP contribution in [0.1, 0.15) is 5.69 Å². The van der Waals surface area contributed by atoms with E-state index in [-0.39, 0.29) is 45.4 Å². The van der Waals surface area contributed by atoms with E-state index in [9.17, 15) is 27.4 Å². The third-order valence-corrected chi connectivity index (χ3v) is 4.57. The molecule has 11 nitrogen and oxygen atoms in total. The van der Waals surface area contributed by atoms with Gasteiger partial charge in [-0.2, -0.15) is 0 Å². The molecule has 1 aliphatic rings. The number of ether oxygens (including phenoxy) is 1. The summed E-state index contributed by atoms with van der Waals surface area (Å²) in [7, 11) is -4.23. The maximum atomic E-state index is 11.8. The van der Waals surface area contributed by atoms with Gasteiger partial charge in [-0.05, 0) is 0 Å². The minimum atomic E-state index is -5.19. The van der Waals surface area contributed by atoms with Crippen LogP contribution < -0.4 is 40.6 Å². The van der Waals surface area contributed by atoms with E-state index >= 15 is 0 Å². The number of nitrogens with two attached hydrogens (primary N) is 1. The Morgan fingerprint density at radius 3 is 2.62 bits per heavy atom. The second-order valence-corrected chi connectivity index (χ2v) is 6.60. The molecule has 3 N–H and O–H groups in total. The van der Waals surface area contributed by atoms with Crippen LogP contribution in [0, 0.1) is 0 Å². The first-order valence-corrected chi connectivity index (χ1v) is 8.25. The Hall–Kier alpha value is -1.25. The molecule has 0 saturated carbocycles. The van der Waals surface area contributed by atoms with E-state index in [0.29, 0.717) is 5.69 Å². The molecular weight excluding hydrogens is 375 g/mol. The molecule has 0 aliphatic carbocycles. The van der Waals surface area contributed by atoms with Crippen LogP contribution in [0.25, 0.3) is 0 Å². The van der Waals surface area contributed by atoms with Crippen molar-refractivity contribution in [1.82, 2.24) is 14.6 Å². The minimum Gasteiger partial charge on any atom is -0.731 e. The molecule has 1 aromatic rings. The number of nitrogens with zero attached hydrogens (tertiary/aromatic N) is 2. The normalized spacial score (nSPS) is 19.9. The number of methoxy groups -OCH3 is 1. The molecule has 1 saturated heterocycles. The average molecular weight is 386 g/mol.